The monoisotopic (exact) mass is 744 g/mol. The molecule has 0 saturated heterocycles. The van der Waals surface area contributed by atoms with Crippen molar-refractivity contribution in [3.05, 3.63) is 48.6 Å². The third kappa shape index (κ3) is 38.4. The fraction of sp³-hybridized carbons (Fsp3) is 0.812. The highest BCUT2D eigenvalue weighted by atomic mass is 16.3. The third-order valence-electron chi connectivity index (χ3n) is 10.4. The van der Waals surface area contributed by atoms with E-state index >= 15 is 0 Å². The van der Waals surface area contributed by atoms with Gasteiger partial charge in [-0.15, -0.1) is 0 Å². The summed E-state index contributed by atoms with van der Waals surface area (Å²) in [4.78, 5) is 12.4. The van der Waals surface area contributed by atoms with Crippen molar-refractivity contribution in [2.45, 2.75) is 244 Å². The summed E-state index contributed by atoms with van der Waals surface area (Å²) < 4.78 is 0. The van der Waals surface area contributed by atoms with Gasteiger partial charge in [0.25, 0.3) is 0 Å². The number of nitrogens with one attached hydrogen (secondary N) is 1. The Morgan fingerprint density at radius 2 is 0.830 bits per heavy atom. The van der Waals surface area contributed by atoms with Gasteiger partial charge in [-0.1, -0.05) is 184 Å². The van der Waals surface area contributed by atoms with E-state index in [2.05, 4.69) is 67.8 Å². The summed E-state index contributed by atoms with van der Waals surface area (Å²) in [7, 11) is 0. The van der Waals surface area contributed by atoms with Crippen LogP contribution in [0, 0.1) is 0 Å². The number of carbonyl (C=O) groups is 1. The van der Waals surface area contributed by atoms with E-state index in [1.54, 1.807) is 0 Å². The van der Waals surface area contributed by atoms with Crippen LogP contribution >= 0.6 is 0 Å². The zero-order valence-corrected chi connectivity index (χ0v) is 35.1. The smallest absolute Gasteiger partial charge is 0.220 e. The number of amides is 1. The van der Waals surface area contributed by atoms with Crippen molar-refractivity contribution < 1.29 is 20.1 Å². The summed E-state index contributed by atoms with van der Waals surface area (Å²) in [5.74, 6) is -0.167. The Morgan fingerprint density at radius 3 is 1.26 bits per heavy atom. The van der Waals surface area contributed by atoms with Gasteiger partial charge in [-0.3, -0.25) is 4.79 Å². The molecule has 0 fully saturated rings. The molecule has 0 aromatic rings. The molecule has 0 saturated carbocycles. The van der Waals surface area contributed by atoms with Crippen LogP contribution in [-0.2, 0) is 4.79 Å². The maximum atomic E-state index is 12.4. The molecule has 3 unspecified atom stereocenters. The average Bonchev–Trinajstić information content (AvgIpc) is 3.16. The number of hydrogen-bond acceptors (Lipinski definition) is 4. The molecule has 0 aliphatic rings. The second-order valence-corrected chi connectivity index (χ2v) is 15.6. The summed E-state index contributed by atoms with van der Waals surface area (Å²) in [5.41, 5.74) is 0. The maximum Gasteiger partial charge on any atom is 0.220 e. The largest absolute Gasteiger partial charge is 0.394 e. The van der Waals surface area contributed by atoms with E-state index in [0.29, 0.717) is 12.8 Å². The average molecular weight is 744 g/mol. The van der Waals surface area contributed by atoms with E-state index in [0.717, 1.165) is 57.8 Å². The molecule has 0 rings (SSSR count). The molecule has 0 aliphatic heterocycles. The lowest BCUT2D eigenvalue weighted by Crippen LogP contribution is -2.50. The lowest BCUT2D eigenvalue weighted by Gasteiger charge is -2.26. The zero-order chi connectivity index (χ0) is 38.7. The molecule has 0 spiro atoms. The summed E-state index contributed by atoms with van der Waals surface area (Å²) in [6.45, 7) is 4.15. The van der Waals surface area contributed by atoms with Crippen molar-refractivity contribution in [2.75, 3.05) is 6.61 Å². The molecule has 0 aromatic heterocycles. The summed E-state index contributed by atoms with van der Waals surface area (Å²) in [6.07, 6.45) is 55.1. The Kier molecular flexibility index (Phi) is 41.7. The summed E-state index contributed by atoms with van der Waals surface area (Å²) >= 11 is 0. The van der Waals surface area contributed by atoms with Crippen LogP contribution in [0.25, 0.3) is 0 Å². The SMILES string of the molecule is CCCCCCCCC/C=C/CC/C=C/CCCC(O)C(O)C(CO)NC(=O)CCCCCCCCC/C=C\C/C=C\CCCCCCCCCCC. The number of aliphatic hydroxyl groups excluding tert-OH is 3. The Morgan fingerprint density at radius 1 is 0.472 bits per heavy atom. The molecular weight excluding hydrogens is 655 g/mol. The van der Waals surface area contributed by atoms with Gasteiger partial charge in [-0.25, -0.2) is 0 Å². The molecule has 0 aromatic carbocycles. The second kappa shape index (κ2) is 43.0. The molecule has 0 heterocycles. The third-order valence-corrected chi connectivity index (χ3v) is 10.4. The number of rotatable bonds is 41. The number of aliphatic hydroxyl groups is 3. The van der Waals surface area contributed by atoms with E-state index in [-0.39, 0.29) is 12.5 Å². The summed E-state index contributed by atoms with van der Waals surface area (Å²) in [6, 6.07) is -0.838. The molecular formula is C48H89NO4. The van der Waals surface area contributed by atoms with Crippen LogP contribution in [0.15, 0.2) is 48.6 Å². The predicted molar refractivity (Wildman–Crippen MR) is 231 cm³/mol. The minimum Gasteiger partial charge on any atom is -0.394 e. The molecule has 5 nitrogen and oxygen atoms in total. The van der Waals surface area contributed by atoms with Gasteiger partial charge in [0.05, 0.1) is 18.8 Å². The lowest BCUT2D eigenvalue weighted by atomic mass is 10.0. The molecule has 3 atom stereocenters. The highest BCUT2D eigenvalue weighted by Crippen LogP contribution is 2.14. The van der Waals surface area contributed by atoms with Crippen LogP contribution in [-0.4, -0.2) is 46.1 Å². The standard InChI is InChI=1S/C48H89NO4/c1-3-5-7-9-11-13-15-17-19-21-22-23-24-25-26-27-29-31-33-35-37-39-41-43-47(52)49-45(44-50)48(53)46(51)42-40-38-36-34-32-30-28-20-18-16-14-12-10-8-6-4-2/h20,22-23,25-26,28,34,36,45-46,48,50-51,53H,3-19,21,24,27,29-33,35,37-44H2,1-2H3,(H,49,52)/b23-22-,26-25-,28-20+,36-34+. The van der Waals surface area contributed by atoms with Crippen molar-refractivity contribution in [1.29, 1.82) is 0 Å². The lowest BCUT2D eigenvalue weighted by molar-refractivity contribution is -0.124. The van der Waals surface area contributed by atoms with E-state index in [9.17, 15) is 20.1 Å². The quantitative estimate of drug-likeness (QED) is 0.0371. The Labute approximate surface area is 329 Å². The molecule has 1 amide bonds. The fourth-order valence-corrected chi connectivity index (χ4v) is 6.80. The van der Waals surface area contributed by atoms with Crippen LogP contribution in [0.4, 0.5) is 0 Å². The van der Waals surface area contributed by atoms with Crippen molar-refractivity contribution in [2.24, 2.45) is 0 Å². The van der Waals surface area contributed by atoms with Gasteiger partial charge < -0.3 is 20.6 Å². The van der Waals surface area contributed by atoms with Crippen molar-refractivity contribution in [3.63, 3.8) is 0 Å². The van der Waals surface area contributed by atoms with E-state index in [1.807, 2.05) is 0 Å². The normalized spacial score (nSPS) is 14.0. The first-order valence-corrected chi connectivity index (χ1v) is 22.9. The predicted octanol–water partition coefficient (Wildman–Crippen LogP) is 13.3. The topological polar surface area (TPSA) is 89.8 Å². The van der Waals surface area contributed by atoms with Crippen molar-refractivity contribution in [1.82, 2.24) is 5.32 Å². The van der Waals surface area contributed by atoms with Gasteiger partial charge in [0.2, 0.25) is 5.91 Å². The number of carbonyl (C=O) groups excluding carboxylic acids is 1. The first-order valence-electron chi connectivity index (χ1n) is 22.9. The Balaban J connectivity index is 3.70. The molecule has 0 radical (unpaired) electrons. The minimum atomic E-state index is -1.17. The van der Waals surface area contributed by atoms with Crippen LogP contribution in [0.3, 0.4) is 0 Å². The van der Waals surface area contributed by atoms with E-state index < -0.39 is 18.2 Å². The fourth-order valence-electron chi connectivity index (χ4n) is 6.80. The molecule has 4 N–H and O–H groups in total. The van der Waals surface area contributed by atoms with Crippen molar-refractivity contribution >= 4 is 5.91 Å². The first kappa shape index (κ1) is 51.3. The Hall–Kier alpha value is -1.69. The number of unbranched alkanes of at least 4 members (excludes halogenated alkanes) is 25. The highest BCUT2D eigenvalue weighted by molar-refractivity contribution is 5.76. The summed E-state index contributed by atoms with van der Waals surface area (Å²) in [5, 5.41) is 33.5. The van der Waals surface area contributed by atoms with Gasteiger partial charge in [0.15, 0.2) is 0 Å². The van der Waals surface area contributed by atoms with Gasteiger partial charge >= 0.3 is 0 Å². The molecule has 53 heavy (non-hydrogen) atoms. The van der Waals surface area contributed by atoms with Crippen LogP contribution < -0.4 is 5.32 Å². The van der Waals surface area contributed by atoms with Crippen LogP contribution in [0.5, 0.6) is 0 Å². The van der Waals surface area contributed by atoms with Crippen LogP contribution in [0.1, 0.15) is 226 Å². The van der Waals surface area contributed by atoms with Gasteiger partial charge in [0.1, 0.15) is 6.10 Å². The molecule has 0 bridgehead atoms. The highest BCUT2D eigenvalue weighted by Gasteiger charge is 2.26. The van der Waals surface area contributed by atoms with Crippen LogP contribution in [0.2, 0.25) is 0 Å². The second-order valence-electron chi connectivity index (χ2n) is 15.6. The molecule has 310 valence electrons. The number of hydrogen-bond donors (Lipinski definition) is 4. The molecule has 0 aliphatic carbocycles. The first-order chi connectivity index (χ1) is 26.1. The zero-order valence-electron chi connectivity index (χ0n) is 35.1. The number of allylic oxidation sites excluding steroid dienone is 8. The van der Waals surface area contributed by atoms with Gasteiger partial charge in [0, 0.05) is 6.42 Å². The van der Waals surface area contributed by atoms with Gasteiger partial charge in [-0.05, 0) is 83.5 Å². The Bertz CT molecular complexity index is 866. The van der Waals surface area contributed by atoms with E-state index in [1.165, 1.54) is 141 Å². The molecule has 5 heteroatoms. The van der Waals surface area contributed by atoms with E-state index in [4.69, 9.17) is 0 Å². The van der Waals surface area contributed by atoms with Crippen molar-refractivity contribution in [3.8, 4) is 0 Å². The minimum absolute atomic E-state index is 0.167. The van der Waals surface area contributed by atoms with Gasteiger partial charge in [-0.2, -0.15) is 0 Å². The maximum absolute atomic E-state index is 12.4.